The lowest BCUT2D eigenvalue weighted by atomic mass is 9.96. The van der Waals surface area contributed by atoms with Crippen LogP contribution in [0, 0.1) is 11.6 Å². The third-order valence-corrected chi connectivity index (χ3v) is 4.17. The van der Waals surface area contributed by atoms with Gasteiger partial charge in [-0.1, -0.05) is 18.2 Å². The average molecular weight is 318 g/mol. The van der Waals surface area contributed by atoms with Crippen LogP contribution in [-0.4, -0.2) is 38.2 Å². The molecule has 1 aliphatic heterocycles. The van der Waals surface area contributed by atoms with Gasteiger partial charge in [0.2, 0.25) is 0 Å². The van der Waals surface area contributed by atoms with Crippen LogP contribution in [0.4, 0.5) is 8.78 Å². The second-order valence-electron chi connectivity index (χ2n) is 5.64. The van der Waals surface area contributed by atoms with Gasteiger partial charge in [0, 0.05) is 26.2 Å². The number of benzene rings is 2. The quantitative estimate of drug-likeness (QED) is 0.938. The number of methoxy groups -OCH3 is 1. The molecule has 0 saturated carbocycles. The summed E-state index contributed by atoms with van der Waals surface area (Å²) in [5.74, 6) is -0.467. The Hall–Kier alpha value is -1.98. The van der Waals surface area contributed by atoms with Crippen LogP contribution in [0.3, 0.4) is 0 Å². The Morgan fingerprint density at radius 1 is 1.04 bits per heavy atom. The standard InChI is InChI=1S/C18H20F2N2O/c1-23-17-6-5-14(12-16(17)20)18(22-9-7-21-8-10-22)13-3-2-4-15(19)11-13/h2-6,11-12,18,21H,7-10H2,1H3. The van der Waals surface area contributed by atoms with Crippen LogP contribution in [0.15, 0.2) is 42.5 Å². The first kappa shape index (κ1) is 15.9. The van der Waals surface area contributed by atoms with Gasteiger partial charge in [0.25, 0.3) is 0 Å². The molecule has 1 aliphatic rings. The molecule has 3 nitrogen and oxygen atoms in total. The monoisotopic (exact) mass is 318 g/mol. The summed E-state index contributed by atoms with van der Waals surface area (Å²) in [7, 11) is 1.44. The molecule has 1 saturated heterocycles. The number of halogens is 2. The highest BCUT2D eigenvalue weighted by atomic mass is 19.1. The zero-order valence-corrected chi connectivity index (χ0v) is 13.1. The Bertz CT molecular complexity index is 672. The van der Waals surface area contributed by atoms with Crippen LogP contribution in [0.1, 0.15) is 17.2 Å². The van der Waals surface area contributed by atoms with Crippen molar-refractivity contribution in [1.82, 2.24) is 10.2 Å². The highest BCUT2D eigenvalue weighted by molar-refractivity contribution is 5.37. The number of rotatable bonds is 4. The van der Waals surface area contributed by atoms with E-state index in [2.05, 4.69) is 10.2 Å². The van der Waals surface area contributed by atoms with E-state index in [0.717, 1.165) is 37.3 Å². The molecule has 122 valence electrons. The Kier molecular flexibility index (Phi) is 4.88. The van der Waals surface area contributed by atoms with Crippen molar-refractivity contribution in [3.63, 3.8) is 0 Å². The summed E-state index contributed by atoms with van der Waals surface area (Å²) < 4.78 is 32.8. The fraction of sp³-hybridized carbons (Fsp3) is 0.333. The summed E-state index contributed by atoms with van der Waals surface area (Å²) in [5.41, 5.74) is 1.63. The van der Waals surface area contributed by atoms with Crippen LogP contribution in [0.25, 0.3) is 0 Å². The second-order valence-corrected chi connectivity index (χ2v) is 5.64. The van der Waals surface area contributed by atoms with Crippen molar-refractivity contribution in [2.75, 3.05) is 33.3 Å². The van der Waals surface area contributed by atoms with Gasteiger partial charge >= 0.3 is 0 Å². The Morgan fingerprint density at radius 2 is 1.78 bits per heavy atom. The van der Waals surface area contributed by atoms with Crippen LogP contribution in [0.5, 0.6) is 5.75 Å². The van der Waals surface area contributed by atoms with Crippen LogP contribution in [-0.2, 0) is 0 Å². The number of piperazine rings is 1. The third kappa shape index (κ3) is 3.51. The molecular weight excluding hydrogens is 298 g/mol. The Labute approximate surface area is 134 Å². The molecule has 1 heterocycles. The molecule has 0 amide bonds. The van der Waals surface area contributed by atoms with Gasteiger partial charge in [-0.2, -0.15) is 0 Å². The maximum absolute atomic E-state index is 14.1. The minimum Gasteiger partial charge on any atom is -0.494 e. The average Bonchev–Trinajstić information content (AvgIpc) is 2.56. The van der Waals surface area contributed by atoms with Crippen LogP contribution >= 0.6 is 0 Å². The van der Waals surface area contributed by atoms with E-state index in [1.165, 1.54) is 25.3 Å². The van der Waals surface area contributed by atoms with Gasteiger partial charge in [-0.25, -0.2) is 8.78 Å². The minimum atomic E-state index is -0.401. The lowest BCUT2D eigenvalue weighted by Gasteiger charge is -2.35. The molecule has 2 aromatic carbocycles. The fourth-order valence-electron chi connectivity index (χ4n) is 3.08. The molecule has 0 radical (unpaired) electrons. The summed E-state index contributed by atoms with van der Waals surface area (Å²) in [6.07, 6.45) is 0. The predicted octanol–water partition coefficient (Wildman–Crippen LogP) is 2.97. The number of ether oxygens (including phenoxy) is 1. The van der Waals surface area contributed by atoms with Crippen molar-refractivity contribution in [3.05, 3.63) is 65.2 Å². The molecule has 0 bridgehead atoms. The summed E-state index contributed by atoms with van der Waals surface area (Å²) in [4.78, 5) is 2.24. The highest BCUT2D eigenvalue weighted by Gasteiger charge is 2.25. The van der Waals surface area contributed by atoms with E-state index < -0.39 is 5.82 Å². The molecule has 1 atom stereocenters. The van der Waals surface area contributed by atoms with Gasteiger partial charge in [-0.3, -0.25) is 4.90 Å². The van der Waals surface area contributed by atoms with E-state index in [4.69, 9.17) is 4.74 Å². The van der Waals surface area contributed by atoms with Crippen molar-refractivity contribution < 1.29 is 13.5 Å². The van der Waals surface area contributed by atoms with Crippen molar-refractivity contribution in [2.45, 2.75) is 6.04 Å². The van der Waals surface area contributed by atoms with E-state index in [1.807, 2.05) is 12.1 Å². The predicted molar refractivity (Wildman–Crippen MR) is 85.6 cm³/mol. The van der Waals surface area contributed by atoms with E-state index in [0.29, 0.717) is 0 Å². The van der Waals surface area contributed by atoms with Crippen molar-refractivity contribution in [1.29, 1.82) is 0 Å². The summed E-state index contributed by atoms with van der Waals surface area (Å²) in [5, 5.41) is 3.30. The number of nitrogens with one attached hydrogen (secondary N) is 1. The SMILES string of the molecule is COc1ccc(C(c2cccc(F)c2)N2CCNCC2)cc1F. The highest BCUT2D eigenvalue weighted by Crippen LogP contribution is 2.31. The van der Waals surface area contributed by atoms with E-state index in [-0.39, 0.29) is 17.6 Å². The topological polar surface area (TPSA) is 24.5 Å². The van der Waals surface area contributed by atoms with Gasteiger partial charge in [-0.05, 0) is 35.4 Å². The van der Waals surface area contributed by atoms with Crippen molar-refractivity contribution in [3.8, 4) is 5.75 Å². The minimum absolute atomic E-state index is 0.173. The molecule has 1 unspecified atom stereocenters. The van der Waals surface area contributed by atoms with Crippen LogP contribution < -0.4 is 10.1 Å². The maximum atomic E-state index is 14.1. The molecule has 5 heteroatoms. The normalized spacial score (nSPS) is 17.0. The summed E-state index contributed by atoms with van der Waals surface area (Å²) >= 11 is 0. The van der Waals surface area contributed by atoms with E-state index >= 15 is 0 Å². The first-order chi connectivity index (χ1) is 11.2. The maximum Gasteiger partial charge on any atom is 0.165 e. The number of hydrogen-bond acceptors (Lipinski definition) is 3. The first-order valence-corrected chi connectivity index (χ1v) is 7.72. The Balaban J connectivity index is 2.02. The van der Waals surface area contributed by atoms with E-state index in [9.17, 15) is 8.78 Å². The lowest BCUT2D eigenvalue weighted by molar-refractivity contribution is 0.198. The summed E-state index contributed by atoms with van der Waals surface area (Å²) in [6.45, 7) is 3.39. The van der Waals surface area contributed by atoms with Gasteiger partial charge in [0.1, 0.15) is 5.82 Å². The first-order valence-electron chi connectivity index (χ1n) is 7.72. The van der Waals surface area contributed by atoms with Gasteiger partial charge < -0.3 is 10.1 Å². The largest absolute Gasteiger partial charge is 0.494 e. The molecule has 3 rings (SSSR count). The lowest BCUT2D eigenvalue weighted by Crippen LogP contribution is -2.45. The Morgan fingerprint density at radius 3 is 2.43 bits per heavy atom. The van der Waals surface area contributed by atoms with Crippen LogP contribution in [0.2, 0.25) is 0 Å². The zero-order chi connectivity index (χ0) is 16.2. The van der Waals surface area contributed by atoms with Gasteiger partial charge in [-0.15, -0.1) is 0 Å². The van der Waals surface area contributed by atoms with Gasteiger partial charge in [0.15, 0.2) is 11.6 Å². The zero-order valence-electron chi connectivity index (χ0n) is 13.1. The summed E-state index contributed by atoms with van der Waals surface area (Å²) in [6, 6.07) is 11.3. The van der Waals surface area contributed by atoms with Crippen molar-refractivity contribution in [2.24, 2.45) is 0 Å². The molecule has 2 aromatic rings. The van der Waals surface area contributed by atoms with Gasteiger partial charge in [0.05, 0.1) is 13.2 Å². The number of hydrogen-bond donors (Lipinski definition) is 1. The molecule has 1 fully saturated rings. The molecule has 0 aromatic heterocycles. The smallest absolute Gasteiger partial charge is 0.165 e. The molecular formula is C18H20F2N2O. The third-order valence-electron chi connectivity index (χ3n) is 4.17. The fourth-order valence-corrected chi connectivity index (χ4v) is 3.08. The molecule has 0 aliphatic carbocycles. The molecule has 0 spiro atoms. The van der Waals surface area contributed by atoms with E-state index in [1.54, 1.807) is 12.1 Å². The number of nitrogens with zero attached hydrogens (tertiary/aromatic N) is 1. The molecule has 1 N–H and O–H groups in total. The molecule has 23 heavy (non-hydrogen) atoms. The second kappa shape index (κ2) is 7.06. The van der Waals surface area contributed by atoms with Crippen molar-refractivity contribution >= 4 is 0 Å².